The lowest BCUT2D eigenvalue weighted by Crippen LogP contribution is -2.28. The minimum atomic E-state index is -4.42. The highest BCUT2D eigenvalue weighted by Crippen LogP contribution is 2.29. The van der Waals surface area contributed by atoms with E-state index in [1.165, 1.54) is 16.8 Å². The Kier molecular flexibility index (Phi) is 4.73. The highest BCUT2D eigenvalue weighted by molar-refractivity contribution is 7.07. The lowest BCUT2D eigenvalue weighted by atomic mass is 10.3. The Morgan fingerprint density at radius 1 is 1.33 bits per heavy atom. The van der Waals surface area contributed by atoms with E-state index in [0.717, 1.165) is 12.1 Å². The van der Waals surface area contributed by atoms with E-state index in [1.807, 2.05) is 0 Å². The molecule has 2 aromatic heterocycles. The first kappa shape index (κ1) is 15.2. The number of nitrogens with zero attached hydrogens (tertiary/aromatic N) is 2. The molecular formula is C12H10F3N3O2S. The summed E-state index contributed by atoms with van der Waals surface area (Å²) in [4.78, 5) is 18.9. The van der Waals surface area contributed by atoms with Crippen LogP contribution in [0.5, 0.6) is 5.88 Å². The minimum Gasteiger partial charge on any atom is -0.476 e. The molecule has 0 fully saturated rings. The number of alkyl halides is 3. The van der Waals surface area contributed by atoms with Crippen molar-refractivity contribution in [3.8, 4) is 5.88 Å². The van der Waals surface area contributed by atoms with Crippen LogP contribution in [0.2, 0.25) is 0 Å². The number of nitrogens with one attached hydrogen (secondary N) is 1. The van der Waals surface area contributed by atoms with Crippen LogP contribution < -0.4 is 10.1 Å². The fourth-order valence-corrected chi connectivity index (χ4v) is 1.90. The molecule has 0 radical (unpaired) electrons. The van der Waals surface area contributed by atoms with Crippen molar-refractivity contribution >= 4 is 17.2 Å². The highest BCUT2D eigenvalue weighted by Gasteiger charge is 2.30. The zero-order valence-corrected chi connectivity index (χ0v) is 11.4. The number of pyridine rings is 1. The zero-order valence-electron chi connectivity index (χ0n) is 10.6. The van der Waals surface area contributed by atoms with Gasteiger partial charge in [-0.05, 0) is 6.07 Å². The molecule has 21 heavy (non-hydrogen) atoms. The Morgan fingerprint density at radius 3 is 2.71 bits per heavy atom. The van der Waals surface area contributed by atoms with Crippen molar-refractivity contribution in [1.82, 2.24) is 15.3 Å². The number of halogens is 3. The topological polar surface area (TPSA) is 64.1 Å². The Labute approximate surface area is 121 Å². The number of carbonyl (C=O) groups is 1. The molecule has 2 aromatic rings. The van der Waals surface area contributed by atoms with Crippen molar-refractivity contribution in [2.75, 3.05) is 13.2 Å². The van der Waals surface area contributed by atoms with E-state index in [1.54, 1.807) is 5.38 Å². The zero-order chi connectivity index (χ0) is 15.3. The summed E-state index contributed by atoms with van der Waals surface area (Å²) in [5.74, 6) is -0.272. The van der Waals surface area contributed by atoms with Crippen LogP contribution >= 0.6 is 11.3 Å². The normalized spacial score (nSPS) is 11.2. The number of hydrogen-bond donors (Lipinski definition) is 1. The van der Waals surface area contributed by atoms with E-state index in [9.17, 15) is 18.0 Å². The maximum absolute atomic E-state index is 12.3. The van der Waals surface area contributed by atoms with Gasteiger partial charge in [-0.2, -0.15) is 13.2 Å². The molecule has 0 spiro atoms. The molecule has 5 nitrogen and oxygen atoms in total. The van der Waals surface area contributed by atoms with E-state index in [2.05, 4.69) is 15.3 Å². The van der Waals surface area contributed by atoms with Gasteiger partial charge in [0.05, 0.1) is 17.6 Å². The standard InChI is InChI=1S/C12H10F3N3O2S/c13-12(14,15)8-1-2-10(17-5-8)20-4-3-16-11(19)9-6-21-7-18-9/h1-2,5-7H,3-4H2,(H,16,19). The van der Waals surface area contributed by atoms with Crippen molar-refractivity contribution in [2.24, 2.45) is 0 Å². The van der Waals surface area contributed by atoms with Crippen LogP contribution in [0.15, 0.2) is 29.2 Å². The SMILES string of the molecule is O=C(NCCOc1ccc(C(F)(F)F)cn1)c1cscn1. The number of aromatic nitrogens is 2. The average molecular weight is 317 g/mol. The molecule has 0 aliphatic heterocycles. The summed E-state index contributed by atoms with van der Waals surface area (Å²) in [7, 11) is 0. The van der Waals surface area contributed by atoms with Crippen LogP contribution in [0, 0.1) is 0 Å². The molecule has 0 saturated heterocycles. The first-order valence-electron chi connectivity index (χ1n) is 5.79. The Hall–Kier alpha value is -2.16. The van der Waals surface area contributed by atoms with Crippen LogP contribution in [0.1, 0.15) is 16.1 Å². The van der Waals surface area contributed by atoms with E-state index < -0.39 is 11.7 Å². The van der Waals surface area contributed by atoms with E-state index in [0.29, 0.717) is 11.9 Å². The lowest BCUT2D eigenvalue weighted by Gasteiger charge is -2.08. The number of thiazole rings is 1. The fraction of sp³-hybridized carbons (Fsp3) is 0.250. The summed E-state index contributed by atoms with van der Waals surface area (Å²) in [5.41, 5.74) is 1.01. The van der Waals surface area contributed by atoms with Crippen LogP contribution in [0.4, 0.5) is 13.2 Å². The maximum Gasteiger partial charge on any atom is 0.417 e. The molecule has 0 bridgehead atoms. The molecular weight excluding hydrogens is 307 g/mol. The smallest absolute Gasteiger partial charge is 0.417 e. The maximum atomic E-state index is 12.3. The van der Waals surface area contributed by atoms with Crippen LogP contribution in [-0.4, -0.2) is 29.0 Å². The van der Waals surface area contributed by atoms with Crippen molar-refractivity contribution < 1.29 is 22.7 Å². The predicted molar refractivity (Wildman–Crippen MR) is 69.2 cm³/mol. The van der Waals surface area contributed by atoms with Crippen molar-refractivity contribution in [3.63, 3.8) is 0 Å². The Bertz CT molecular complexity index is 585. The van der Waals surface area contributed by atoms with Gasteiger partial charge in [-0.1, -0.05) is 0 Å². The minimum absolute atomic E-state index is 0.0610. The van der Waals surface area contributed by atoms with Crippen molar-refractivity contribution in [1.29, 1.82) is 0 Å². The molecule has 0 saturated carbocycles. The fourth-order valence-electron chi connectivity index (χ4n) is 1.37. The van der Waals surface area contributed by atoms with Crippen molar-refractivity contribution in [2.45, 2.75) is 6.18 Å². The van der Waals surface area contributed by atoms with Crippen LogP contribution in [0.25, 0.3) is 0 Å². The van der Waals surface area contributed by atoms with Gasteiger partial charge in [-0.15, -0.1) is 11.3 Å². The lowest BCUT2D eigenvalue weighted by molar-refractivity contribution is -0.137. The molecule has 1 amide bonds. The van der Waals surface area contributed by atoms with Crippen LogP contribution in [0.3, 0.4) is 0 Å². The van der Waals surface area contributed by atoms with Gasteiger partial charge in [0.15, 0.2) is 0 Å². The third kappa shape index (κ3) is 4.42. The van der Waals surface area contributed by atoms with E-state index in [-0.39, 0.29) is 24.9 Å². The Balaban J connectivity index is 1.75. The number of hydrogen-bond acceptors (Lipinski definition) is 5. The number of amides is 1. The molecule has 0 unspecified atom stereocenters. The molecule has 0 atom stereocenters. The van der Waals surface area contributed by atoms with Gasteiger partial charge in [0.1, 0.15) is 12.3 Å². The van der Waals surface area contributed by atoms with Gasteiger partial charge in [0, 0.05) is 17.6 Å². The summed E-state index contributed by atoms with van der Waals surface area (Å²) < 4.78 is 42.1. The van der Waals surface area contributed by atoms with E-state index in [4.69, 9.17) is 4.74 Å². The summed E-state index contributed by atoms with van der Waals surface area (Å²) in [6.45, 7) is 0.285. The first-order valence-corrected chi connectivity index (χ1v) is 6.73. The van der Waals surface area contributed by atoms with Gasteiger partial charge in [0.2, 0.25) is 5.88 Å². The second kappa shape index (κ2) is 6.53. The van der Waals surface area contributed by atoms with Crippen molar-refractivity contribution in [3.05, 3.63) is 40.5 Å². The quantitative estimate of drug-likeness (QED) is 0.860. The second-order valence-corrected chi connectivity index (χ2v) is 4.58. The number of carbonyl (C=O) groups excluding carboxylic acids is 1. The Morgan fingerprint density at radius 2 is 2.14 bits per heavy atom. The number of rotatable bonds is 5. The summed E-state index contributed by atoms with van der Waals surface area (Å²) in [5, 5.41) is 4.17. The van der Waals surface area contributed by atoms with Gasteiger partial charge >= 0.3 is 6.18 Å². The van der Waals surface area contributed by atoms with Gasteiger partial charge < -0.3 is 10.1 Å². The summed E-state index contributed by atoms with van der Waals surface area (Å²) >= 11 is 1.30. The molecule has 2 heterocycles. The monoisotopic (exact) mass is 317 g/mol. The van der Waals surface area contributed by atoms with Gasteiger partial charge in [0.25, 0.3) is 5.91 Å². The third-order valence-electron chi connectivity index (χ3n) is 2.37. The molecule has 112 valence electrons. The third-order valence-corrected chi connectivity index (χ3v) is 2.95. The molecule has 0 aromatic carbocycles. The van der Waals surface area contributed by atoms with Gasteiger partial charge in [-0.25, -0.2) is 9.97 Å². The van der Waals surface area contributed by atoms with Gasteiger partial charge in [-0.3, -0.25) is 4.79 Å². The molecule has 0 aliphatic rings. The second-order valence-electron chi connectivity index (χ2n) is 3.86. The summed E-state index contributed by atoms with van der Waals surface area (Å²) in [6.07, 6.45) is -3.73. The predicted octanol–water partition coefficient (Wildman–Crippen LogP) is 2.37. The molecule has 9 heteroatoms. The molecule has 0 aliphatic carbocycles. The number of ether oxygens (including phenoxy) is 1. The average Bonchev–Trinajstić information content (AvgIpc) is 2.97. The largest absolute Gasteiger partial charge is 0.476 e. The first-order chi connectivity index (χ1) is 9.97. The van der Waals surface area contributed by atoms with Crippen LogP contribution in [-0.2, 0) is 6.18 Å². The summed E-state index contributed by atoms with van der Waals surface area (Å²) in [6, 6.07) is 2.02. The molecule has 2 rings (SSSR count). The van der Waals surface area contributed by atoms with E-state index >= 15 is 0 Å². The molecule has 1 N–H and O–H groups in total. The highest BCUT2D eigenvalue weighted by atomic mass is 32.1.